The Morgan fingerprint density at radius 3 is 2.44 bits per heavy atom. The smallest absolute Gasteiger partial charge is 0.0368 e. The third-order valence-corrected chi connectivity index (χ3v) is 4.95. The number of rotatable bonds is 4. The molecule has 3 rings (SSSR count). The summed E-state index contributed by atoms with van der Waals surface area (Å²) in [4.78, 5) is 2.62. The number of hydrogen-bond acceptors (Lipinski definition) is 2. The topological polar surface area (TPSA) is 29.3 Å². The van der Waals surface area contributed by atoms with Crippen molar-refractivity contribution < 1.29 is 0 Å². The van der Waals surface area contributed by atoms with Gasteiger partial charge in [0.15, 0.2) is 0 Å². The maximum absolute atomic E-state index is 5.67. The van der Waals surface area contributed by atoms with Gasteiger partial charge in [-0.15, -0.1) is 0 Å². The summed E-state index contributed by atoms with van der Waals surface area (Å²) in [5.74, 6) is 1.96. The van der Waals surface area contributed by atoms with E-state index in [1.807, 2.05) is 0 Å². The largest absolute Gasteiger partial charge is 0.369 e. The summed E-state index contributed by atoms with van der Waals surface area (Å²) in [6.07, 6.45) is 5.82. The zero-order valence-electron chi connectivity index (χ0n) is 11.3. The first-order valence-electron chi connectivity index (χ1n) is 7.37. The van der Waals surface area contributed by atoms with E-state index in [1.54, 1.807) is 0 Å². The van der Waals surface area contributed by atoms with E-state index >= 15 is 0 Å². The highest BCUT2D eigenvalue weighted by Gasteiger charge is 2.41. The molecular formula is C16H24N2. The number of hydrogen-bond donors (Lipinski definition) is 1. The highest BCUT2D eigenvalue weighted by atomic mass is 15.2. The van der Waals surface area contributed by atoms with Crippen LogP contribution in [0.15, 0.2) is 24.3 Å². The Hall–Kier alpha value is -1.02. The molecule has 3 atom stereocenters. The molecule has 2 bridgehead atoms. The van der Waals surface area contributed by atoms with Crippen molar-refractivity contribution in [2.75, 3.05) is 11.4 Å². The van der Waals surface area contributed by atoms with Gasteiger partial charge in [-0.2, -0.15) is 0 Å². The fraction of sp³-hybridized carbons (Fsp3) is 0.625. The molecule has 1 aromatic carbocycles. The molecule has 2 aliphatic carbocycles. The quantitative estimate of drug-likeness (QED) is 0.881. The molecule has 2 aliphatic rings. The third-order valence-electron chi connectivity index (χ3n) is 4.95. The fourth-order valence-electron chi connectivity index (χ4n) is 4.02. The van der Waals surface area contributed by atoms with Crippen molar-refractivity contribution in [3.8, 4) is 0 Å². The lowest BCUT2D eigenvalue weighted by Gasteiger charge is -2.35. The molecule has 2 fully saturated rings. The van der Waals surface area contributed by atoms with E-state index in [0.29, 0.717) is 6.54 Å². The Morgan fingerprint density at radius 2 is 1.94 bits per heavy atom. The number of nitrogens with zero attached hydrogens (tertiary/aromatic N) is 1. The summed E-state index contributed by atoms with van der Waals surface area (Å²) < 4.78 is 0. The fourth-order valence-corrected chi connectivity index (χ4v) is 4.02. The monoisotopic (exact) mass is 244 g/mol. The summed E-state index contributed by atoms with van der Waals surface area (Å²) in [5.41, 5.74) is 8.27. The Labute approximate surface area is 110 Å². The van der Waals surface area contributed by atoms with Gasteiger partial charge in [0.25, 0.3) is 0 Å². The maximum atomic E-state index is 5.67. The zero-order chi connectivity index (χ0) is 12.5. The van der Waals surface area contributed by atoms with Crippen LogP contribution in [0.4, 0.5) is 5.69 Å². The van der Waals surface area contributed by atoms with Crippen LogP contribution in [0.2, 0.25) is 0 Å². The van der Waals surface area contributed by atoms with Crippen molar-refractivity contribution >= 4 is 5.69 Å². The minimum Gasteiger partial charge on any atom is -0.369 e. The van der Waals surface area contributed by atoms with Crippen LogP contribution in [0.25, 0.3) is 0 Å². The van der Waals surface area contributed by atoms with Crippen LogP contribution in [-0.4, -0.2) is 12.6 Å². The molecule has 0 amide bonds. The van der Waals surface area contributed by atoms with E-state index in [1.165, 1.54) is 36.9 Å². The minimum atomic E-state index is 0.639. The molecule has 3 unspecified atom stereocenters. The standard InChI is InChI=1S/C16H24N2/c1-2-18(15-7-4-12(11-17)5-8-15)16-10-13-3-6-14(16)9-13/h4-5,7-8,13-14,16H,2-3,6,9-11,17H2,1H3. The molecule has 0 aliphatic heterocycles. The summed E-state index contributed by atoms with van der Waals surface area (Å²) in [6.45, 7) is 4.04. The van der Waals surface area contributed by atoms with Crippen molar-refractivity contribution in [2.45, 2.75) is 45.2 Å². The number of nitrogens with two attached hydrogens (primary N) is 1. The van der Waals surface area contributed by atoms with Gasteiger partial charge >= 0.3 is 0 Å². The second-order valence-corrected chi connectivity index (χ2v) is 5.90. The van der Waals surface area contributed by atoms with Crippen LogP contribution in [0.5, 0.6) is 0 Å². The predicted molar refractivity (Wildman–Crippen MR) is 76.6 cm³/mol. The number of benzene rings is 1. The average Bonchev–Trinajstić information content (AvgIpc) is 3.03. The highest BCUT2D eigenvalue weighted by molar-refractivity contribution is 5.49. The molecular weight excluding hydrogens is 220 g/mol. The molecule has 2 nitrogen and oxygen atoms in total. The van der Waals surface area contributed by atoms with Crippen LogP contribution < -0.4 is 10.6 Å². The van der Waals surface area contributed by atoms with E-state index < -0.39 is 0 Å². The lowest BCUT2D eigenvalue weighted by Crippen LogP contribution is -2.39. The minimum absolute atomic E-state index is 0.639. The third kappa shape index (κ3) is 2.03. The summed E-state index contributed by atoms with van der Waals surface area (Å²) >= 11 is 0. The van der Waals surface area contributed by atoms with Crippen LogP contribution in [0, 0.1) is 11.8 Å². The van der Waals surface area contributed by atoms with Gasteiger partial charge in [-0.3, -0.25) is 0 Å². The molecule has 0 heterocycles. The van der Waals surface area contributed by atoms with Crippen LogP contribution in [-0.2, 0) is 6.54 Å². The number of fused-ring (bicyclic) bond motifs is 2. The first kappa shape index (κ1) is 12.0. The second-order valence-electron chi connectivity index (χ2n) is 5.90. The van der Waals surface area contributed by atoms with E-state index in [4.69, 9.17) is 5.73 Å². The predicted octanol–water partition coefficient (Wildman–Crippen LogP) is 3.16. The Morgan fingerprint density at radius 1 is 1.17 bits per heavy atom. The second kappa shape index (κ2) is 4.93. The number of anilines is 1. The molecule has 18 heavy (non-hydrogen) atoms. The van der Waals surface area contributed by atoms with Crippen LogP contribution >= 0.6 is 0 Å². The van der Waals surface area contributed by atoms with Crippen LogP contribution in [0.1, 0.15) is 38.2 Å². The Kier molecular flexibility index (Phi) is 3.29. The van der Waals surface area contributed by atoms with Crippen molar-refractivity contribution in [1.29, 1.82) is 0 Å². The SMILES string of the molecule is CCN(c1ccc(CN)cc1)C1CC2CCC1C2. The molecule has 0 spiro atoms. The molecule has 0 radical (unpaired) electrons. The highest BCUT2D eigenvalue weighted by Crippen LogP contribution is 2.47. The summed E-state index contributed by atoms with van der Waals surface area (Å²) in [6, 6.07) is 9.63. The van der Waals surface area contributed by atoms with Gasteiger partial charge in [0.05, 0.1) is 0 Å². The van der Waals surface area contributed by atoms with E-state index in [2.05, 4.69) is 36.1 Å². The zero-order valence-corrected chi connectivity index (χ0v) is 11.3. The molecule has 2 saturated carbocycles. The van der Waals surface area contributed by atoms with Gasteiger partial charge in [-0.1, -0.05) is 18.6 Å². The summed E-state index contributed by atoms with van der Waals surface area (Å²) in [7, 11) is 0. The normalized spacial score (nSPS) is 29.8. The molecule has 2 heteroatoms. The van der Waals surface area contributed by atoms with E-state index in [0.717, 1.165) is 24.4 Å². The van der Waals surface area contributed by atoms with Gasteiger partial charge in [-0.05, 0) is 55.7 Å². The van der Waals surface area contributed by atoms with Gasteiger partial charge in [0.2, 0.25) is 0 Å². The van der Waals surface area contributed by atoms with Crippen LogP contribution in [0.3, 0.4) is 0 Å². The molecule has 98 valence electrons. The van der Waals surface area contributed by atoms with E-state index in [-0.39, 0.29) is 0 Å². The van der Waals surface area contributed by atoms with Crippen molar-refractivity contribution in [1.82, 2.24) is 0 Å². The van der Waals surface area contributed by atoms with E-state index in [9.17, 15) is 0 Å². The lowest BCUT2D eigenvalue weighted by molar-refractivity contribution is 0.396. The molecule has 0 aromatic heterocycles. The first-order chi connectivity index (χ1) is 8.81. The van der Waals surface area contributed by atoms with Gasteiger partial charge in [-0.25, -0.2) is 0 Å². The summed E-state index contributed by atoms with van der Waals surface area (Å²) in [5, 5.41) is 0. The Balaban J connectivity index is 1.79. The van der Waals surface area contributed by atoms with Gasteiger partial charge in [0.1, 0.15) is 0 Å². The van der Waals surface area contributed by atoms with Gasteiger partial charge in [0, 0.05) is 24.8 Å². The molecule has 1 aromatic rings. The lowest BCUT2D eigenvalue weighted by atomic mass is 9.93. The van der Waals surface area contributed by atoms with Crippen molar-refractivity contribution in [3.05, 3.63) is 29.8 Å². The van der Waals surface area contributed by atoms with Crippen molar-refractivity contribution in [2.24, 2.45) is 17.6 Å². The van der Waals surface area contributed by atoms with Gasteiger partial charge < -0.3 is 10.6 Å². The average molecular weight is 244 g/mol. The maximum Gasteiger partial charge on any atom is 0.0368 e. The Bertz CT molecular complexity index is 398. The molecule has 0 saturated heterocycles. The first-order valence-corrected chi connectivity index (χ1v) is 7.37. The van der Waals surface area contributed by atoms with Crippen molar-refractivity contribution in [3.63, 3.8) is 0 Å². The molecule has 2 N–H and O–H groups in total.